The molecule has 0 bridgehead atoms. The summed E-state index contributed by atoms with van der Waals surface area (Å²) >= 11 is 0. The Labute approximate surface area is 93.6 Å². The first-order valence-corrected chi connectivity index (χ1v) is 5.10. The number of carbonyl (C=O) groups is 1. The summed E-state index contributed by atoms with van der Waals surface area (Å²) in [6.45, 7) is 3.79. The molecule has 0 radical (unpaired) electrons. The maximum atomic E-state index is 11.7. The first-order valence-electron chi connectivity index (χ1n) is 5.10. The standard InChI is InChI=1S/C11H14N2O3/c1-3-8(2)12-11(14)9-6-4-5-7-10(9)13(15)16/h4-8H,3H2,1-2H3,(H,12,14). The topological polar surface area (TPSA) is 72.2 Å². The van der Waals surface area contributed by atoms with E-state index in [0.717, 1.165) is 6.42 Å². The van der Waals surface area contributed by atoms with E-state index in [4.69, 9.17) is 0 Å². The first-order chi connectivity index (χ1) is 7.56. The molecule has 0 aliphatic rings. The van der Waals surface area contributed by atoms with Crippen molar-refractivity contribution in [3.63, 3.8) is 0 Å². The van der Waals surface area contributed by atoms with Crippen molar-refractivity contribution < 1.29 is 9.72 Å². The van der Waals surface area contributed by atoms with E-state index in [2.05, 4.69) is 5.32 Å². The van der Waals surface area contributed by atoms with Gasteiger partial charge in [-0.2, -0.15) is 0 Å². The summed E-state index contributed by atoms with van der Waals surface area (Å²) in [7, 11) is 0. The second kappa shape index (κ2) is 5.25. The highest BCUT2D eigenvalue weighted by molar-refractivity contribution is 5.98. The number of nitrogens with zero attached hydrogens (tertiary/aromatic N) is 1. The van der Waals surface area contributed by atoms with Crippen LogP contribution in [0.4, 0.5) is 5.69 Å². The normalized spacial score (nSPS) is 11.9. The van der Waals surface area contributed by atoms with Crippen molar-refractivity contribution in [2.45, 2.75) is 26.3 Å². The Morgan fingerprint density at radius 1 is 1.50 bits per heavy atom. The molecule has 0 aromatic heterocycles. The number of nitro groups is 1. The average molecular weight is 222 g/mol. The number of nitro benzene ring substituents is 1. The molecule has 0 aliphatic heterocycles. The third-order valence-electron chi connectivity index (χ3n) is 2.34. The van der Waals surface area contributed by atoms with Gasteiger partial charge in [0.2, 0.25) is 0 Å². The first kappa shape index (κ1) is 12.2. The van der Waals surface area contributed by atoms with E-state index in [1.54, 1.807) is 6.07 Å². The van der Waals surface area contributed by atoms with E-state index >= 15 is 0 Å². The van der Waals surface area contributed by atoms with E-state index < -0.39 is 10.8 Å². The highest BCUT2D eigenvalue weighted by Gasteiger charge is 2.19. The third-order valence-corrected chi connectivity index (χ3v) is 2.34. The molecule has 5 nitrogen and oxygen atoms in total. The van der Waals surface area contributed by atoms with Crippen molar-refractivity contribution in [2.75, 3.05) is 0 Å². The lowest BCUT2D eigenvalue weighted by Gasteiger charge is -2.11. The summed E-state index contributed by atoms with van der Waals surface area (Å²) in [5, 5.41) is 13.4. The minimum Gasteiger partial charge on any atom is -0.349 e. The molecule has 0 aliphatic carbocycles. The molecule has 1 aromatic rings. The predicted molar refractivity (Wildman–Crippen MR) is 60.3 cm³/mol. The zero-order valence-electron chi connectivity index (χ0n) is 9.27. The van der Waals surface area contributed by atoms with Crippen molar-refractivity contribution >= 4 is 11.6 Å². The molecule has 1 amide bonds. The van der Waals surface area contributed by atoms with Gasteiger partial charge in [-0.05, 0) is 19.4 Å². The van der Waals surface area contributed by atoms with Crippen molar-refractivity contribution in [3.8, 4) is 0 Å². The van der Waals surface area contributed by atoms with Gasteiger partial charge in [0.05, 0.1) is 4.92 Å². The molecule has 0 heterocycles. The molecule has 86 valence electrons. The van der Waals surface area contributed by atoms with Gasteiger partial charge in [0.15, 0.2) is 0 Å². The van der Waals surface area contributed by atoms with Crippen LogP contribution in [0.5, 0.6) is 0 Å². The van der Waals surface area contributed by atoms with Crippen LogP contribution in [0.2, 0.25) is 0 Å². The summed E-state index contributed by atoms with van der Waals surface area (Å²) in [5.41, 5.74) is -0.0592. The fraction of sp³-hybridized carbons (Fsp3) is 0.364. The number of hydrogen-bond donors (Lipinski definition) is 1. The van der Waals surface area contributed by atoms with Gasteiger partial charge < -0.3 is 5.32 Å². The minimum absolute atomic E-state index is 0.00677. The molecule has 0 saturated carbocycles. The van der Waals surface area contributed by atoms with Crippen LogP contribution >= 0.6 is 0 Å². The number of carbonyl (C=O) groups excluding carboxylic acids is 1. The molecular weight excluding hydrogens is 208 g/mol. The number of hydrogen-bond acceptors (Lipinski definition) is 3. The Hall–Kier alpha value is -1.91. The summed E-state index contributed by atoms with van der Waals surface area (Å²) in [6, 6.07) is 5.94. The quantitative estimate of drug-likeness (QED) is 0.626. The van der Waals surface area contributed by atoms with Crippen LogP contribution in [-0.2, 0) is 0 Å². The largest absolute Gasteiger partial charge is 0.349 e. The van der Waals surface area contributed by atoms with Gasteiger partial charge in [-0.15, -0.1) is 0 Å². The maximum absolute atomic E-state index is 11.7. The third kappa shape index (κ3) is 2.79. The lowest BCUT2D eigenvalue weighted by Crippen LogP contribution is -2.32. The Balaban J connectivity index is 2.95. The van der Waals surface area contributed by atoms with Crippen LogP contribution in [0.15, 0.2) is 24.3 Å². The van der Waals surface area contributed by atoms with E-state index in [0.29, 0.717) is 0 Å². The van der Waals surface area contributed by atoms with Crippen LogP contribution in [0, 0.1) is 10.1 Å². The molecule has 16 heavy (non-hydrogen) atoms. The molecule has 0 spiro atoms. The molecule has 5 heteroatoms. The van der Waals surface area contributed by atoms with Crippen LogP contribution in [0.1, 0.15) is 30.6 Å². The number of nitrogens with one attached hydrogen (secondary N) is 1. The highest BCUT2D eigenvalue weighted by atomic mass is 16.6. The van der Waals surface area contributed by atoms with E-state index in [1.165, 1.54) is 18.2 Å². The molecule has 1 rings (SSSR count). The molecule has 1 N–H and O–H groups in total. The summed E-state index contributed by atoms with van der Waals surface area (Å²) in [5.74, 6) is -0.401. The van der Waals surface area contributed by atoms with Crippen LogP contribution in [0.25, 0.3) is 0 Å². The van der Waals surface area contributed by atoms with Crippen LogP contribution in [0.3, 0.4) is 0 Å². The number of benzene rings is 1. The summed E-state index contributed by atoms with van der Waals surface area (Å²) in [4.78, 5) is 21.9. The maximum Gasteiger partial charge on any atom is 0.282 e. The van der Waals surface area contributed by atoms with Crippen molar-refractivity contribution in [3.05, 3.63) is 39.9 Å². The smallest absolute Gasteiger partial charge is 0.282 e. The average Bonchev–Trinajstić information content (AvgIpc) is 2.28. The van der Waals surface area contributed by atoms with E-state index in [-0.39, 0.29) is 17.3 Å². The predicted octanol–water partition coefficient (Wildman–Crippen LogP) is 2.12. The minimum atomic E-state index is -0.550. The Morgan fingerprint density at radius 3 is 2.69 bits per heavy atom. The Morgan fingerprint density at radius 2 is 2.12 bits per heavy atom. The summed E-state index contributed by atoms with van der Waals surface area (Å²) in [6.07, 6.45) is 0.784. The van der Waals surface area contributed by atoms with Crippen LogP contribution in [-0.4, -0.2) is 16.9 Å². The van der Waals surface area contributed by atoms with Crippen LogP contribution < -0.4 is 5.32 Å². The number of amides is 1. The van der Waals surface area contributed by atoms with Gasteiger partial charge >= 0.3 is 0 Å². The molecule has 1 atom stereocenters. The van der Waals surface area contributed by atoms with Crippen molar-refractivity contribution in [1.82, 2.24) is 5.32 Å². The number of para-hydroxylation sites is 1. The lowest BCUT2D eigenvalue weighted by molar-refractivity contribution is -0.385. The van der Waals surface area contributed by atoms with Gasteiger partial charge in [0.1, 0.15) is 5.56 Å². The van der Waals surface area contributed by atoms with Gasteiger partial charge in [0.25, 0.3) is 11.6 Å². The highest BCUT2D eigenvalue weighted by Crippen LogP contribution is 2.17. The SMILES string of the molecule is CCC(C)NC(=O)c1ccccc1[N+](=O)[O-]. The molecular formula is C11H14N2O3. The second-order valence-electron chi connectivity index (χ2n) is 3.56. The fourth-order valence-electron chi connectivity index (χ4n) is 1.23. The monoisotopic (exact) mass is 222 g/mol. The Kier molecular flexibility index (Phi) is 3.99. The Bertz CT molecular complexity index is 404. The van der Waals surface area contributed by atoms with Gasteiger partial charge in [-0.25, -0.2) is 0 Å². The molecule has 1 aromatic carbocycles. The van der Waals surface area contributed by atoms with Gasteiger partial charge in [-0.1, -0.05) is 19.1 Å². The zero-order valence-corrected chi connectivity index (χ0v) is 9.27. The second-order valence-corrected chi connectivity index (χ2v) is 3.56. The van der Waals surface area contributed by atoms with Crippen molar-refractivity contribution in [2.24, 2.45) is 0 Å². The van der Waals surface area contributed by atoms with Gasteiger partial charge in [0, 0.05) is 12.1 Å². The molecule has 0 fully saturated rings. The molecule has 0 saturated heterocycles. The van der Waals surface area contributed by atoms with E-state index in [9.17, 15) is 14.9 Å². The fourth-order valence-corrected chi connectivity index (χ4v) is 1.23. The van der Waals surface area contributed by atoms with E-state index in [1.807, 2.05) is 13.8 Å². The lowest BCUT2D eigenvalue weighted by atomic mass is 10.1. The number of rotatable bonds is 4. The van der Waals surface area contributed by atoms with Gasteiger partial charge in [-0.3, -0.25) is 14.9 Å². The zero-order chi connectivity index (χ0) is 12.1. The molecule has 1 unspecified atom stereocenters. The summed E-state index contributed by atoms with van der Waals surface area (Å²) < 4.78 is 0. The van der Waals surface area contributed by atoms with Crippen molar-refractivity contribution in [1.29, 1.82) is 0 Å².